The molecule has 1 rings (SSSR count). The van der Waals surface area contributed by atoms with Crippen molar-refractivity contribution >= 4 is 5.78 Å². The van der Waals surface area contributed by atoms with Crippen LogP contribution in [0.3, 0.4) is 0 Å². The number of carbonyl (C=O) groups is 1. The molecule has 0 radical (unpaired) electrons. The summed E-state index contributed by atoms with van der Waals surface area (Å²) in [5, 5.41) is 8.09. The van der Waals surface area contributed by atoms with Crippen molar-refractivity contribution < 1.29 is 4.79 Å². The highest BCUT2D eigenvalue weighted by Gasteiger charge is 2.18. The predicted octanol–water partition coefficient (Wildman–Crippen LogP) is 2.97. The minimum Gasteiger partial charge on any atom is -0.294 e. The number of hydrogen-bond donors (Lipinski definition) is 0. The third-order valence-electron chi connectivity index (χ3n) is 2.76. The van der Waals surface area contributed by atoms with Crippen molar-refractivity contribution in [1.29, 1.82) is 0 Å². The van der Waals surface area contributed by atoms with E-state index in [1.807, 2.05) is 26.8 Å². The minimum atomic E-state index is 0.0823. The number of ketones is 1. The molecule has 0 aliphatic carbocycles. The molecule has 0 aliphatic heterocycles. The molecular formula is C13H20N2O. The van der Waals surface area contributed by atoms with Crippen molar-refractivity contribution in [2.24, 2.45) is 5.92 Å². The van der Waals surface area contributed by atoms with Crippen LogP contribution in [-0.4, -0.2) is 16.0 Å². The van der Waals surface area contributed by atoms with E-state index in [2.05, 4.69) is 17.1 Å². The molecule has 88 valence electrons. The van der Waals surface area contributed by atoms with Crippen molar-refractivity contribution in [3.63, 3.8) is 0 Å². The zero-order valence-electron chi connectivity index (χ0n) is 10.6. The van der Waals surface area contributed by atoms with Crippen LogP contribution in [0.1, 0.15) is 55.4 Å². The predicted molar refractivity (Wildman–Crippen MR) is 64.5 cm³/mol. The molecule has 1 heterocycles. The summed E-state index contributed by atoms with van der Waals surface area (Å²) >= 11 is 0. The van der Waals surface area contributed by atoms with Crippen LogP contribution in [0, 0.1) is 12.8 Å². The quantitative estimate of drug-likeness (QED) is 0.716. The number of nitrogens with zero attached hydrogens (tertiary/aromatic N) is 2. The first-order valence-electron chi connectivity index (χ1n) is 5.97. The molecule has 0 fully saturated rings. The summed E-state index contributed by atoms with van der Waals surface area (Å²) < 4.78 is 0. The van der Waals surface area contributed by atoms with Crippen LogP contribution in [-0.2, 0) is 6.42 Å². The normalized spacial score (nSPS) is 12.5. The molecule has 1 atom stereocenters. The Labute approximate surface area is 97.3 Å². The van der Waals surface area contributed by atoms with E-state index in [1.165, 1.54) is 0 Å². The summed E-state index contributed by atoms with van der Waals surface area (Å²) in [5.74, 6) is 0.288. The largest absolute Gasteiger partial charge is 0.294 e. The molecule has 3 heteroatoms. The molecule has 1 unspecified atom stereocenters. The second-order valence-electron chi connectivity index (χ2n) is 4.25. The van der Waals surface area contributed by atoms with Gasteiger partial charge in [-0.25, -0.2) is 0 Å². The summed E-state index contributed by atoms with van der Waals surface area (Å²) in [6.07, 6.45) is 2.72. The lowest BCUT2D eigenvalue weighted by molar-refractivity contribution is 0.0922. The lowest BCUT2D eigenvalue weighted by atomic mass is 9.94. The van der Waals surface area contributed by atoms with Gasteiger partial charge in [0, 0.05) is 11.5 Å². The molecule has 0 spiro atoms. The lowest BCUT2D eigenvalue weighted by Crippen LogP contribution is -2.15. The summed E-state index contributed by atoms with van der Waals surface area (Å²) in [6.45, 7) is 7.95. The molecule has 0 N–H and O–H groups in total. The van der Waals surface area contributed by atoms with E-state index in [1.54, 1.807) is 0 Å². The number of Topliss-reactive ketones (excluding diaryl/α,β-unsaturated/α-hetero) is 1. The van der Waals surface area contributed by atoms with Gasteiger partial charge in [0.1, 0.15) is 0 Å². The SMILES string of the molecule is CCCC(C)C(=O)c1cc(C)nnc1CC. The fourth-order valence-electron chi connectivity index (χ4n) is 1.82. The first-order chi connectivity index (χ1) is 7.60. The summed E-state index contributed by atoms with van der Waals surface area (Å²) in [6, 6.07) is 1.86. The van der Waals surface area contributed by atoms with Gasteiger partial charge in [0.2, 0.25) is 0 Å². The highest BCUT2D eigenvalue weighted by atomic mass is 16.1. The average Bonchev–Trinajstić information content (AvgIpc) is 2.28. The van der Waals surface area contributed by atoms with Crippen LogP contribution in [0.2, 0.25) is 0 Å². The number of rotatable bonds is 5. The molecule has 3 nitrogen and oxygen atoms in total. The fraction of sp³-hybridized carbons (Fsp3) is 0.615. The number of carbonyl (C=O) groups excluding carboxylic acids is 1. The van der Waals surface area contributed by atoms with Crippen LogP contribution in [0.5, 0.6) is 0 Å². The van der Waals surface area contributed by atoms with Crippen molar-refractivity contribution in [2.75, 3.05) is 0 Å². The van der Waals surface area contributed by atoms with Gasteiger partial charge in [-0.15, -0.1) is 0 Å². The Morgan fingerprint density at radius 1 is 1.38 bits per heavy atom. The Morgan fingerprint density at radius 3 is 2.62 bits per heavy atom. The van der Waals surface area contributed by atoms with Crippen LogP contribution < -0.4 is 0 Å². The summed E-state index contributed by atoms with van der Waals surface area (Å²) in [7, 11) is 0. The molecule has 16 heavy (non-hydrogen) atoms. The zero-order chi connectivity index (χ0) is 12.1. The van der Waals surface area contributed by atoms with Gasteiger partial charge in [-0.3, -0.25) is 4.79 Å². The molecule has 0 aliphatic rings. The minimum absolute atomic E-state index is 0.0823. The maximum atomic E-state index is 12.2. The summed E-state index contributed by atoms with van der Waals surface area (Å²) in [5.41, 5.74) is 2.39. The van der Waals surface area contributed by atoms with Crippen LogP contribution in [0.25, 0.3) is 0 Å². The number of aryl methyl sites for hydroxylation is 2. The van der Waals surface area contributed by atoms with Gasteiger partial charge in [-0.05, 0) is 25.8 Å². The maximum absolute atomic E-state index is 12.2. The third-order valence-corrected chi connectivity index (χ3v) is 2.76. The van der Waals surface area contributed by atoms with Gasteiger partial charge < -0.3 is 0 Å². The van der Waals surface area contributed by atoms with Crippen LogP contribution in [0.4, 0.5) is 0 Å². The highest BCUT2D eigenvalue weighted by molar-refractivity contribution is 5.98. The molecule has 1 aromatic heterocycles. The van der Waals surface area contributed by atoms with Gasteiger partial charge in [-0.2, -0.15) is 10.2 Å². The van der Waals surface area contributed by atoms with Gasteiger partial charge in [-0.1, -0.05) is 27.2 Å². The standard InChI is InChI=1S/C13H20N2O/c1-5-7-9(3)13(16)11-8-10(4)14-15-12(11)6-2/h8-9H,5-7H2,1-4H3. The second-order valence-corrected chi connectivity index (χ2v) is 4.25. The Kier molecular flexibility index (Phi) is 4.59. The molecule has 0 saturated heterocycles. The fourth-order valence-corrected chi connectivity index (χ4v) is 1.82. The molecule has 1 aromatic rings. The molecular weight excluding hydrogens is 200 g/mol. The molecule has 0 aromatic carbocycles. The van der Waals surface area contributed by atoms with Crippen molar-refractivity contribution in [2.45, 2.75) is 47.0 Å². The first kappa shape index (κ1) is 12.8. The molecule has 0 bridgehead atoms. The Bertz CT molecular complexity index is 374. The smallest absolute Gasteiger partial charge is 0.167 e. The Balaban J connectivity index is 3.01. The second kappa shape index (κ2) is 5.73. The van der Waals surface area contributed by atoms with Gasteiger partial charge in [0.25, 0.3) is 0 Å². The lowest BCUT2D eigenvalue weighted by Gasteiger charge is -2.11. The van der Waals surface area contributed by atoms with Crippen molar-refractivity contribution in [3.05, 3.63) is 23.0 Å². The van der Waals surface area contributed by atoms with E-state index in [0.29, 0.717) is 0 Å². The van der Waals surface area contributed by atoms with E-state index in [4.69, 9.17) is 0 Å². The third kappa shape index (κ3) is 2.87. The maximum Gasteiger partial charge on any atom is 0.167 e. The summed E-state index contributed by atoms with van der Waals surface area (Å²) in [4.78, 5) is 12.2. The highest BCUT2D eigenvalue weighted by Crippen LogP contribution is 2.16. The van der Waals surface area contributed by atoms with Gasteiger partial charge >= 0.3 is 0 Å². The Morgan fingerprint density at radius 2 is 2.06 bits per heavy atom. The molecule has 0 saturated carbocycles. The number of aromatic nitrogens is 2. The van der Waals surface area contributed by atoms with E-state index in [-0.39, 0.29) is 11.7 Å². The Hall–Kier alpha value is -1.25. The van der Waals surface area contributed by atoms with Gasteiger partial charge in [0.05, 0.1) is 11.4 Å². The van der Waals surface area contributed by atoms with Gasteiger partial charge in [0.15, 0.2) is 5.78 Å². The van der Waals surface area contributed by atoms with E-state index in [9.17, 15) is 4.79 Å². The van der Waals surface area contributed by atoms with Crippen molar-refractivity contribution in [1.82, 2.24) is 10.2 Å². The topological polar surface area (TPSA) is 42.9 Å². The van der Waals surface area contributed by atoms with E-state index >= 15 is 0 Å². The first-order valence-corrected chi connectivity index (χ1v) is 5.97. The molecule has 0 amide bonds. The monoisotopic (exact) mass is 220 g/mol. The average molecular weight is 220 g/mol. The van der Waals surface area contributed by atoms with E-state index in [0.717, 1.165) is 36.2 Å². The van der Waals surface area contributed by atoms with Crippen molar-refractivity contribution in [3.8, 4) is 0 Å². The van der Waals surface area contributed by atoms with Crippen LogP contribution in [0.15, 0.2) is 6.07 Å². The number of hydrogen-bond acceptors (Lipinski definition) is 3. The van der Waals surface area contributed by atoms with Crippen LogP contribution >= 0.6 is 0 Å². The van der Waals surface area contributed by atoms with E-state index < -0.39 is 0 Å². The zero-order valence-corrected chi connectivity index (χ0v) is 10.6.